The molecular formula is C28H51N2O+. The van der Waals surface area contributed by atoms with Crippen molar-refractivity contribution in [2.24, 2.45) is 0 Å². The summed E-state index contributed by atoms with van der Waals surface area (Å²) in [5, 5.41) is 3.20. The van der Waals surface area contributed by atoms with Crippen LogP contribution in [0, 0.1) is 0 Å². The predicted molar refractivity (Wildman–Crippen MR) is 135 cm³/mol. The van der Waals surface area contributed by atoms with E-state index >= 15 is 0 Å². The van der Waals surface area contributed by atoms with Crippen molar-refractivity contribution in [1.29, 1.82) is 0 Å². The number of rotatable bonds is 19. The lowest BCUT2D eigenvalue weighted by Crippen LogP contribution is -2.55. The molecular weight excluding hydrogens is 380 g/mol. The first-order valence-corrected chi connectivity index (χ1v) is 13.1. The second-order valence-corrected chi connectivity index (χ2v) is 10.2. The van der Waals surface area contributed by atoms with Crippen LogP contribution in [0.5, 0.6) is 0 Å². The zero-order valence-corrected chi connectivity index (χ0v) is 21.1. The molecule has 3 nitrogen and oxygen atoms in total. The van der Waals surface area contributed by atoms with E-state index in [1.165, 1.54) is 89.0 Å². The minimum absolute atomic E-state index is 0.0472. The van der Waals surface area contributed by atoms with Gasteiger partial charge in [0.25, 0.3) is 5.91 Å². The quantitative estimate of drug-likeness (QED) is 0.187. The third-order valence-electron chi connectivity index (χ3n) is 6.34. The Balaban J connectivity index is 2.04. The molecule has 3 heteroatoms. The van der Waals surface area contributed by atoms with E-state index in [0.717, 1.165) is 19.4 Å². The molecule has 1 amide bonds. The van der Waals surface area contributed by atoms with Crippen molar-refractivity contribution in [3.63, 3.8) is 0 Å². The standard InChI is InChI=1S/C28H50N2O/c1-5-6-7-8-9-10-11-12-13-14-15-16-17-21-24-29-28(31)27(30(2,3)4)25-26-22-19-18-20-23-26/h18-20,22-23,27H,5-17,21,24-25H2,1-4H3/p+1. The zero-order valence-electron chi connectivity index (χ0n) is 21.1. The third kappa shape index (κ3) is 14.4. The van der Waals surface area contributed by atoms with Crippen LogP contribution >= 0.6 is 0 Å². The van der Waals surface area contributed by atoms with Crippen molar-refractivity contribution in [3.8, 4) is 0 Å². The van der Waals surface area contributed by atoms with Crippen LogP contribution in [0.25, 0.3) is 0 Å². The number of hydrogen-bond donors (Lipinski definition) is 1. The lowest BCUT2D eigenvalue weighted by atomic mass is 10.0. The van der Waals surface area contributed by atoms with Gasteiger partial charge in [0.1, 0.15) is 0 Å². The summed E-state index contributed by atoms with van der Waals surface area (Å²) < 4.78 is 0.652. The highest BCUT2D eigenvalue weighted by Gasteiger charge is 2.31. The molecule has 0 heterocycles. The largest absolute Gasteiger partial charge is 0.351 e. The van der Waals surface area contributed by atoms with E-state index in [4.69, 9.17) is 0 Å². The van der Waals surface area contributed by atoms with Crippen LogP contribution in [0.4, 0.5) is 0 Å². The first kappa shape index (κ1) is 27.7. The van der Waals surface area contributed by atoms with Crippen LogP contribution in [-0.2, 0) is 11.2 Å². The van der Waals surface area contributed by atoms with E-state index in [1.807, 2.05) is 6.07 Å². The Morgan fingerprint density at radius 1 is 0.742 bits per heavy atom. The number of benzene rings is 1. The van der Waals surface area contributed by atoms with E-state index in [0.29, 0.717) is 4.48 Å². The van der Waals surface area contributed by atoms with Crippen molar-refractivity contribution in [2.45, 2.75) is 109 Å². The minimum Gasteiger partial charge on any atom is -0.351 e. The maximum atomic E-state index is 12.8. The van der Waals surface area contributed by atoms with Gasteiger partial charge in [0.05, 0.1) is 21.1 Å². The Hall–Kier alpha value is -1.35. The van der Waals surface area contributed by atoms with Gasteiger partial charge in [-0.25, -0.2) is 0 Å². The molecule has 178 valence electrons. The van der Waals surface area contributed by atoms with Gasteiger partial charge in [0.2, 0.25) is 0 Å². The van der Waals surface area contributed by atoms with Crippen LogP contribution in [0.3, 0.4) is 0 Å². The Labute approximate surface area is 193 Å². The van der Waals surface area contributed by atoms with Crippen molar-refractivity contribution in [3.05, 3.63) is 35.9 Å². The Kier molecular flexibility index (Phi) is 15.4. The number of unbranched alkanes of at least 4 members (excludes halogenated alkanes) is 13. The molecule has 0 saturated heterocycles. The molecule has 1 atom stereocenters. The topological polar surface area (TPSA) is 29.1 Å². The fourth-order valence-corrected chi connectivity index (χ4v) is 4.20. The van der Waals surface area contributed by atoms with Gasteiger partial charge < -0.3 is 9.80 Å². The number of carbonyl (C=O) groups excluding carboxylic acids is 1. The lowest BCUT2D eigenvalue weighted by molar-refractivity contribution is -0.886. The molecule has 0 aliphatic carbocycles. The second-order valence-electron chi connectivity index (χ2n) is 10.2. The van der Waals surface area contributed by atoms with E-state index < -0.39 is 0 Å². The maximum absolute atomic E-state index is 12.8. The number of nitrogens with zero attached hydrogens (tertiary/aromatic N) is 1. The van der Waals surface area contributed by atoms with Crippen molar-refractivity contribution in [1.82, 2.24) is 5.32 Å². The summed E-state index contributed by atoms with van der Waals surface area (Å²) in [5.74, 6) is 0.186. The predicted octanol–water partition coefficient (Wildman–Crippen LogP) is 6.90. The molecule has 0 fully saturated rings. The Morgan fingerprint density at radius 2 is 1.19 bits per heavy atom. The highest BCUT2D eigenvalue weighted by Crippen LogP contribution is 2.14. The van der Waals surface area contributed by atoms with Crippen LogP contribution in [0.1, 0.15) is 102 Å². The monoisotopic (exact) mass is 431 g/mol. The Morgan fingerprint density at radius 3 is 1.65 bits per heavy atom. The highest BCUT2D eigenvalue weighted by atomic mass is 16.2. The molecule has 1 aromatic rings. The van der Waals surface area contributed by atoms with Crippen LogP contribution in [-0.4, -0.2) is 44.1 Å². The third-order valence-corrected chi connectivity index (χ3v) is 6.34. The zero-order chi connectivity index (χ0) is 22.8. The average Bonchev–Trinajstić information content (AvgIpc) is 2.74. The number of hydrogen-bond acceptors (Lipinski definition) is 1. The van der Waals surface area contributed by atoms with Gasteiger partial charge in [-0.15, -0.1) is 0 Å². The van der Waals surface area contributed by atoms with E-state index in [-0.39, 0.29) is 11.9 Å². The van der Waals surface area contributed by atoms with Gasteiger partial charge in [-0.1, -0.05) is 121 Å². The normalized spacial score (nSPS) is 12.6. The Bertz CT molecular complexity index is 550. The highest BCUT2D eigenvalue weighted by molar-refractivity contribution is 5.80. The van der Waals surface area contributed by atoms with Crippen molar-refractivity contribution < 1.29 is 9.28 Å². The molecule has 1 N–H and O–H groups in total. The minimum atomic E-state index is -0.0472. The van der Waals surface area contributed by atoms with E-state index in [2.05, 4.69) is 57.6 Å². The van der Waals surface area contributed by atoms with E-state index in [9.17, 15) is 4.79 Å². The molecule has 0 saturated carbocycles. The van der Waals surface area contributed by atoms with E-state index in [1.54, 1.807) is 0 Å². The van der Waals surface area contributed by atoms with Gasteiger partial charge in [-0.05, 0) is 12.0 Å². The van der Waals surface area contributed by atoms with Gasteiger partial charge in [-0.2, -0.15) is 0 Å². The molecule has 0 bridgehead atoms. The summed E-state index contributed by atoms with van der Waals surface area (Å²) in [6, 6.07) is 10.3. The SMILES string of the molecule is CCCCCCCCCCCCCCCCNC(=O)C(Cc1ccccc1)[N+](C)(C)C. The summed E-state index contributed by atoms with van der Waals surface area (Å²) in [6.45, 7) is 3.09. The number of amides is 1. The van der Waals surface area contributed by atoms with Crippen LogP contribution in [0.15, 0.2) is 30.3 Å². The second kappa shape index (κ2) is 17.2. The maximum Gasteiger partial charge on any atom is 0.278 e. The lowest BCUT2D eigenvalue weighted by Gasteiger charge is -2.33. The number of quaternary nitrogens is 1. The van der Waals surface area contributed by atoms with Crippen molar-refractivity contribution in [2.75, 3.05) is 27.7 Å². The summed E-state index contributed by atoms with van der Waals surface area (Å²) in [7, 11) is 6.33. The first-order chi connectivity index (χ1) is 14.9. The number of likely N-dealkylation sites (N-methyl/N-ethyl adjacent to an activating group) is 1. The summed E-state index contributed by atoms with van der Waals surface area (Å²) in [5.41, 5.74) is 1.23. The number of carbonyl (C=O) groups is 1. The van der Waals surface area contributed by atoms with Crippen molar-refractivity contribution >= 4 is 5.91 Å². The van der Waals surface area contributed by atoms with Gasteiger partial charge in [0.15, 0.2) is 6.04 Å². The fourth-order valence-electron chi connectivity index (χ4n) is 4.20. The van der Waals surface area contributed by atoms with Crippen LogP contribution < -0.4 is 5.32 Å². The number of nitrogens with one attached hydrogen (secondary N) is 1. The first-order valence-electron chi connectivity index (χ1n) is 13.1. The average molecular weight is 432 g/mol. The molecule has 0 aromatic heterocycles. The summed E-state index contributed by atoms with van der Waals surface area (Å²) >= 11 is 0. The molecule has 0 aliphatic rings. The molecule has 0 aliphatic heterocycles. The van der Waals surface area contributed by atoms with Gasteiger partial charge >= 0.3 is 0 Å². The molecule has 0 spiro atoms. The summed E-state index contributed by atoms with van der Waals surface area (Å²) in [6.07, 6.45) is 19.9. The summed E-state index contributed by atoms with van der Waals surface area (Å²) in [4.78, 5) is 12.8. The molecule has 0 radical (unpaired) electrons. The van der Waals surface area contributed by atoms with Gasteiger partial charge in [0, 0.05) is 13.0 Å². The fraction of sp³-hybridized carbons (Fsp3) is 0.750. The molecule has 1 rings (SSSR count). The van der Waals surface area contributed by atoms with Crippen LogP contribution in [0.2, 0.25) is 0 Å². The molecule has 1 unspecified atom stereocenters. The molecule has 31 heavy (non-hydrogen) atoms. The molecule has 1 aromatic carbocycles. The smallest absolute Gasteiger partial charge is 0.278 e. The van der Waals surface area contributed by atoms with Gasteiger partial charge in [-0.3, -0.25) is 4.79 Å².